The maximum atomic E-state index is 11.8. The van der Waals surface area contributed by atoms with E-state index in [9.17, 15) is 4.79 Å². The number of halogens is 1. The normalized spacial score (nSPS) is 19.2. The van der Waals surface area contributed by atoms with E-state index in [0.717, 1.165) is 5.56 Å². The minimum absolute atomic E-state index is 0.0961. The predicted octanol–water partition coefficient (Wildman–Crippen LogP) is 5.09. The summed E-state index contributed by atoms with van der Waals surface area (Å²) in [7, 11) is 0. The molecule has 1 aromatic rings. The van der Waals surface area contributed by atoms with Crippen LogP contribution in [0.3, 0.4) is 0 Å². The molecule has 18 heavy (non-hydrogen) atoms. The lowest BCUT2D eigenvalue weighted by molar-refractivity contribution is 0.0996. The lowest BCUT2D eigenvalue weighted by Gasteiger charge is -2.14. The van der Waals surface area contributed by atoms with E-state index in [1.807, 2.05) is 19.1 Å². The smallest absolute Gasteiger partial charge is 0.176 e. The Balaban J connectivity index is 2.09. The highest BCUT2D eigenvalue weighted by atomic mass is 79.9. The third kappa shape index (κ3) is 3.44. The van der Waals surface area contributed by atoms with Gasteiger partial charge in [-0.25, -0.2) is 0 Å². The Morgan fingerprint density at radius 1 is 1.11 bits per heavy atom. The Labute approximate surface area is 118 Å². The number of carbonyl (C=O) groups is 1. The van der Waals surface area contributed by atoms with Crippen molar-refractivity contribution in [3.05, 3.63) is 35.4 Å². The van der Waals surface area contributed by atoms with Crippen molar-refractivity contribution < 1.29 is 4.79 Å². The van der Waals surface area contributed by atoms with Crippen LogP contribution in [0.15, 0.2) is 24.3 Å². The number of Topliss-reactive ketones (excluding diaryl/α,β-unsaturated/α-hetero) is 1. The van der Waals surface area contributed by atoms with Crippen LogP contribution in [0.5, 0.6) is 0 Å². The number of alkyl halides is 1. The van der Waals surface area contributed by atoms with Crippen molar-refractivity contribution in [3.63, 3.8) is 0 Å². The molecule has 1 aromatic carbocycles. The SMILES string of the molecule is CC(Br)C(=O)c1ccc(C2CCCCCC2)cc1. The van der Waals surface area contributed by atoms with Crippen molar-refractivity contribution in [1.29, 1.82) is 0 Å². The van der Waals surface area contributed by atoms with Crippen molar-refractivity contribution in [1.82, 2.24) is 0 Å². The molecule has 2 heteroatoms. The van der Waals surface area contributed by atoms with Crippen molar-refractivity contribution in [2.75, 3.05) is 0 Å². The zero-order valence-corrected chi connectivity index (χ0v) is 12.6. The third-order valence-corrected chi connectivity index (χ3v) is 4.30. The largest absolute Gasteiger partial charge is 0.293 e. The summed E-state index contributed by atoms with van der Waals surface area (Å²) >= 11 is 3.33. The number of hydrogen-bond donors (Lipinski definition) is 0. The van der Waals surface area contributed by atoms with Crippen LogP contribution in [0.4, 0.5) is 0 Å². The quantitative estimate of drug-likeness (QED) is 0.432. The summed E-state index contributed by atoms with van der Waals surface area (Å²) in [5, 5.41) is 0. The number of rotatable bonds is 3. The number of carbonyl (C=O) groups excluding carboxylic acids is 1. The van der Waals surface area contributed by atoms with E-state index in [1.54, 1.807) is 0 Å². The lowest BCUT2D eigenvalue weighted by atomic mass is 9.91. The highest BCUT2D eigenvalue weighted by Gasteiger charge is 2.16. The molecule has 0 N–H and O–H groups in total. The molecule has 0 saturated heterocycles. The molecule has 0 heterocycles. The van der Waals surface area contributed by atoms with E-state index in [-0.39, 0.29) is 10.6 Å². The van der Waals surface area contributed by atoms with Gasteiger partial charge in [0.25, 0.3) is 0 Å². The monoisotopic (exact) mass is 308 g/mol. The van der Waals surface area contributed by atoms with Crippen LogP contribution in [0.25, 0.3) is 0 Å². The van der Waals surface area contributed by atoms with Crippen molar-refractivity contribution in [3.8, 4) is 0 Å². The summed E-state index contributed by atoms with van der Waals surface area (Å²) in [5.41, 5.74) is 2.23. The summed E-state index contributed by atoms with van der Waals surface area (Å²) in [6.07, 6.45) is 8.08. The van der Waals surface area contributed by atoms with Crippen LogP contribution in [-0.2, 0) is 0 Å². The standard InChI is InChI=1S/C16H21BrO/c1-12(17)16(18)15-10-8-14(9-11-15)13-6-4-2-3-5-7-13/h8-13H,2-7H2,1H3. The molecule has 1 aliphatic rings. The molecule has 0 bridgehead atoms. The van der Waals surface area contributed by atoms with Gasteiger partial charge in [0.1, 0.15) is 0 Å². The van der Waals surface area contributed by atoms with Crippen molar-refractivity contribution >= 4 is 21.7 Å². The number of ketones is 1. The first-order valence-electron chi connectivity index (χ1n) is 6.96. The van der Waals surface area contributed by atoms with Gasteiger partial charge in [0, 0.05) is 5.56 Å². The first kappa shape index (κ1) is 13.8. The first-order valence-corrected chi connectivity index (χ1v) is 7.88. The second kappa shape index (κ2) is 6.51. The third-order valence-electron chi connectivity index (χ3n) is 3.88. The van der Waals surface area contributed by atoms with Crippen LogP contribution in [0, 0.1) is 0 Å². The maximum Gasteiger partial charge on any atom is 0.176 e. The zero-order chi connectivity index (χ0) is 13.0. The van der Waals surface area contributed by atoms with Gasteiger partial charge in [0.15, 0.2) is 5.78 Å². The van der Waals surface area contributed by atoms with Gasteiger partial charge in [0.2, 0.25) is 0 Å². The fourth-order valence-electron chi connectivity index (χ4n) is 2.76. The van der Waals surface area contributed by atoms with Gasteiger partial charge in [-0.05, 0) is 31.2 Å². The Kier molecular flexibility index (Phi) is 4.99. The Bertz CT molecular complexity index is 386. The first-order chi connectivity index (χ1) is 8.68. The van der Waals surface area contributed by atoms with Gasteiger partial charge in [-0.15, -0.1) is 0 Å². The van der Waals surface area contributed by atoms with E-state index in [1.165, 1.54) is 44.1 Å². The highest BCUT2D eigenvalue weighted by Crippen LogP contribution is 2.31. The second-order valence-electron chi connectivity index (χ2n) is 5.29. The van der Waals surface area contributed by atoms with Gasteiger partial charge in [-0.2, -0.15) is 0 Å². The second-order valence-corrected chi connectivity index (χ2v) is 6.66. The average molecular weight is 309 g/mol. The summed E-state index contributed by atoms with van der Waals surface area (Å²) in [6, 6.07) is 8.28. The molecular formula is C16H21BrO. The van der Waals surface area contributed by atoms with Crippen LogP contribution in [-0.4, -0.2) is 10.6 Å². The van der Waals surface area contributed by atoms with Crippen LogP contribution in [0.1, 0.15) is 67.3 Å². The summed E-state index contributed by atoms with van der Waals surface area (Å²) in [4.78, 5) is 11.7. The molecule has 2 rings (SSSR count). The fourth-order valence-corrected chi connectivity index (χ4v) is 3.03. The molecule has 1 nitrogen and oxygen atoms in total. The molecule has 0 aliphatic heterocycles. The molecule has 0 aromatic heterocycles. The topological polar surface area (TPSA) is 17.1 Å². The van der Waals surface area contributed by atoms with E-state index in [0.29, 0.717) is 5.92 Å². The molecule has 0 amide bonds. The molecule has 1 saturated carbocycles. The molecule has 0 spiro atoms. The molecule has 1 unspecified atom stereocenters. The lowest BCUT2D eigenvalue weighted by Crippen LogP contribution is -2.10. The Morgan fingerprint density at radius 3 is 2.17 bits per heavy atom. The zero-order valence-electron chi connectivity index (χ0n) is 11.0. The minimum atomic E-state index is -0.0961. The van der Waals surface area contributed by atoms with Gasteiger partial charge < -0.3 is 0 Å². The van der Waals surface area contributed by atoms with Gasteiger partial charge in [-0.3, -0.25) is 4.79 Å². The van der Waals surface area contributed by atoms with Crippen LogP contribution >= 0.6 is 15.9 Å². The maximum absolute atomic E-state index is 11.8. The van der Waals surface area contributed by atoms with Gasteiger partial charge >= 0.3 is 0 Å². The summed E-state index contributed by atoms with van der Waals surface area (Å²) in [6.45, 7) is 1.88. The van der Waals surface area contributed by atoms with Crippen molar-refractivity contribution in [2.24, 2.45) is 0 Å². The van der Waals surface area contributed by atoms with Crippen molar-refractivity contribution in [2.45, 2.75) is 56.2 Å². The predicted molar refractivity (Wildman–Crippen MR) is 79.6 cm³/mol. The van der Waals surface area contributed by atoms with Gasteiger partial charge in [-0.1, -0.05) is 65.9 Å². The highest BCUT2D eigenvalue weighted by molar-refractivity contribution is 9.10. The molecule has 98 valence electrons. The van der Waals surface area contributed by atoms with Crippen LogP contribution < -0.4 is 0 Å². The van der Waals surface area contributed by atoms with E-state index < -0.39 is 0 Å². The minimum Gasteiger partial charge on any atom is -0.293 e. The molecule has 1 fully saturated rings. The Hall–Kier alpha value is -0.630. The molecule has 1 aliphatic carbocycles. The average Bonchev–Trinajstić information content (AvgIpc) is 2.67. The summed E-state index contributed by atoms with van der Waals surface area (Å²) in [5.74, 6) is 0.875. The van der Waals surface area contributed by atoms with Gasteiger partial charge in [0.05, 0.1) is 4.83 Å². The molecule has 0 radical (unpaired) electrons. The molecular weight excluding hydrogens is 288 g/mol. The van der Waals surface area contributed by atoms with Crippen LogP contribution in [0.2, 0.25) is 0 Å². The number of hydrogen-bond acceptors (Lipinski definition) is 1. The summed E-state index contributed by atoms with van der Waals surface area (Å²) < 4.78 is 0. The molecule has 1 atom stereocenters. The fraction of sp³-hybridized carbons (Fsp3) is 0.562. The number of benzene rings is 1. The van der Waals surface area contributed by atoms with E-state index >= 15 is 0 Å². The van der Waals surface area contributed by atoms with E-state index in [4.69, 9.17) is 0 Å². The van der Waals surface area contributed by atoms with E-state index in [2.05, 4.69) is 28.1 Å². The Morgan fingerprint density at radius 2 is 1.67 bits per heavy atom.